The number of allylic oxidation sites excluding steroid dienone is 1. The van der Waals surface area contributed by atoms with Crippen LogP contribution in [-0.4, -0.2) is 44.7 Å². The van der Waals surface area contributed by atoms with E-state index in [1.807, 2.05) is 31.2 Å². The number of cyclic esters (lactones) is 1. The molecule has 2 aliphatic carbocycles. The number of hydrogen-bond donors (Lipinski definition) is 3. The fourth-order valence-electron chi connectivity index (χ4n) is 8.13. The fourth-order valence-corrected chi connectivity index (χ4v) is 8.13. The average Bonchev–Trinajstić information content (AvgIpc) is 3.05. The molecule has 2 bridgehead atoms. The Kier molecular flexibility index (Phi) is 9.09. The minimum absolute atomic E-state index is 0.00757. The van der Waals surface area contributed by atoms with Crippen LogP contribution < -0.4 is 4.74 Å². The molecule has 2 fully saturated rings. The first kappa shape index (κ1) is 32.0. The molecule has 8 heteroatoms. The molecule has 6 unspecified atom stereocenters. The normalized spacial score (nSPS) is 30.5. The number of carbonyl (C=O) groups excluding carboxylic acids is 3. The second kappa shape index (κ2) is 13.1. The van der Waals surface area contributed by atoms with E-state index >= 15 is 0 Å². The number of benzene rings is 2. The van der Waals surface area contributed by atoms with Crippen LogP contribution in [-0.2, 0) is 38.6 Å². The van der Waals surface area contributed by atoms with Gasteiger partial charge in [-0.3, -0.25) is 9.59 Å². The maximum Gasteiger partial charge on any atom is 0.334 e. The Hall–Kier alpha value is -3.93. The van der Waals surface area contributed by atoms with E-state index in [0.717, 1.165) is 12.0 Å². The zero-order valence-corrected chi connectivity index (χ0v) is 26.5. The molecule has 3 N–H and O–H groups in total. The van der Waals surface area contributed by atoms with Crippen molar-refractivity contribution in [1.82, 2.24) is 0 Å². The van der Waals surface area contributed by atoms with Gasteiger partial charge in [0.1, 0.15) is 29.0 Å². The van der Waals surface area contributed by atoms with Crippen LogP contribution in [0.3, 0.4) is 0 Å². The highest BCUT2D eigenvalue weighted by Gasteiger charge is 2.53. The smallest absolute Gasteiger partial charge is 0.334 e. The van der Waals surface area contributed by atoms with Gasteiger partial charge in [0.15, 0.2) is 0 Å². The number of rotatable bonds is 4. The van der Waals surface area contributed by atoms with Gasteiger partial charge in [0.25, 0.3) is 0 Å². The topological polar surface area (TPSA) is 130 Å². The average molecular weight is 627 g/mol. The van der Waals surface area contributed by atoms with Crippen molar-refractivity contribution in [2.75, 3.05) is 0 Å². The lowest BCUT2D eigenvalue weighted by molar-refractivity contribution is -0.187. The van der Waals surface area contributed by atoms with Crippen molar-refractivity contribution in [1.29, 1.82) is 0 Å². The predicted octanol–water partition coefficient (Wildman–Crippen LogP) is 5.33. The first-order valence-electron chi connectivity index (χ1n) is 16.5. The molecular formula is C38H42O8. The number of hydrogen-bond acceptors (Lipinski definition) is 8. The van der Waals surface area contributed by atoms with Gasteiger partial charge in [0.2, 0.25) is 0 Å². The van der Waals surface area contributed by atoms with Crippen molar-refractivity contribution in [2.24, 2.45) is 11.8 Å². The van der Waals surface area contributed by atoms with Crippen molar-refractivity contribution in [2.45, 2.75) is 108 Å². The number of carbonyl (C=O) groups is 3. The Labute approximate surface area is 269 Å². The van der Waals surface area contributed by atoms with Gasteiger partial charge in [0, 0.05) is 41.9 Å². The van der Waals surface area contributed by atoms with Crippen LogP contribution in [0.1, 0.15) is 105 Å². The predicted molar refractivity (Wildman–Crippen MR) is 170 cm³/mol. The highest BCUT2D eigenvalue weighted by molar-refractivity contribution is 5.89. The summed E-state index contributed by atoms with van der Waals surface area (Å²) in [5.74, 6) is 4.96. The number of esters is 2. The summed E-state index contributed by atoms with van der Waals surface area (Å²) in [6.45, 7) is 3.49. The van der Waals surface area contributed by atoms with Crippen LogP contribution in [0, 0.1) is 23.7 Å². The number of fused-ring (bicyclic) bond motifs is 2. The van der Waals surface area contributed by atoms with Crippen molar-refractivity contribution >= 4 is 17.7 Å². The Morgan fingerprint density at radius 3 is 2.61 bits per heavy atom. The number of phenolic OH excluding ortho intramolecular Hbond substituents is 1. The summed E-state index contributed by atoms with van der Waals surface area (Å²) in [5.41, 5.74) is 2.18. The molecule has 6 rings (SSSR count). The lowest BCUT2D eigenvalue weighted by Gasteiger charge is -2.50. The maximum atomic E-state index is 14.0. The summed E-state index contributed by atoms with van der Waals surface area (Å²) >= 11 is 0. The van der Waals surface area contributed by atoms with Gasteiger partial charge in [-0.25, -0.2) is 4.79 Å². The molecule has 0 spiro atoms. The molecule has 0 amide bonds. The van der Waals surface area contributed by atoms with Crippen LogP contribution in [0.2, 0.25) is 0 Å². The maximum absolute atomic E-state index is 14.0. The summed E-state index contributed by atoms with van der Waals surface area (Å²) in [5, 5.41) is 33.9. The van der Waals surface area contributed by atoms with Gasteiger partial charge >= 0.3 is 11.9 Å². The van der Waals surface area contributed by atoms with Crippen molar-refractivity contribution in [3.63, 3.8) is 0 Å². The molecule has 2 saturated carbocycles. The Balaban J connectivity index is 1.51. The van der Waals surface area contributed by atoms with Crippen molar-refractivity contribution in [3.05, 3.63) is 69.8 Å². The summed E-state index contributed by atoms with van der Waals surface area (Å²) < 4.78 is 12.0. The summed E-state index contributed by atoms with van der Waals surface area (Å²) in [6.07, 6.45) is 4.67. The highest BCUT2D eigenvalue weighted by Crippen LogP contribution is 2.50. The molecule has 242 valence electrons. The zero-order valence-electron chi connectivity index (χ0n) is 26.5. The fraction of sp³-hybridized carbons (Fsp3) is 0.500. The minimum Gasteiger partial charge on any atom is -0.507 e. The number of ether oxygens (including phenoxy) is 2. The van der Waals surface area contributed by atoms with E-state index in [-0.39, 0.29) is 49.2 Å². The second-order valence-corrected chi connectivity index (χ2v) is 13.3. The van der Waals surface area contributed by atoms with Crippen molar-refractivity contribution in [3.8, 4) is 23.3 Å². The molecule has 4 aliphatic rings. The van der Waals surface area contributed by atoms with Crippen LogP contribution in [0.15, 0.2) is 42.0 Å². The molecular weight excluding hydrogens is 584 g/mol. The van der Waals surface area contributed by atoms with E-state index in [1.165, 1.54) is 0 Å². The second-order valence-electron chi connectivity index (χ2n) is 13.3. The third-order valence-electron chi connectivity index (χ3n) is 10.6. The van der Waals surface area contributed by atoms with Crippen LogP contribution in [0.4, 0.5) is 0 Å². The summed E-state index contributed by atoms with van der Waals surface area (Å²) in [4.78, 5) is 39.3. The van der Waals surface area contributed by atoms with E-state index in [2.05, 4.69) is 11.8 Å². The number of Topliss-reactive ketones (excluding diaryl/α,β-unsaturated/α-hetero) is 1. The zero-order chi connectivity index (χ0) is 32.6. The number of aliphatic hydroxyl groups excluding tert-OH is 1. The molecule has 6 atom stereocenters. The SMILES string of the molecule is CC=C1CC(c2cccc(CO)c2)C#CC2CC(=O)Oc3c2cc(c(O)c3CC)CC(C2(O)CCCC3CC(=O)CCC32)OC1=O. The molecule has 8 nitrogen and oxygen atoms in total. The summed E-state index contributed by atoms with van der Waals surface area (Å²) in [6, 6.07) is 9.22. The number of phenols is 1. The molecule has 2 aliphatic heterocycles. The monoisotopic (exact) mass is 626 g/mol. The van der Waals surface area contributed by atoms with Gasteiger partial charge in [0.05, 0.1) is 18.9 Å². The first-order valence-corrected chi connectivity index (χ1v) is 16.5. The van der Waals surface area contributed by atoms with Gasteiger partial charge < -0.3 is 24.8 Å². The molecule has 0 saturated heterocycles. The molecule has 2 aromatic carbocycles. The lowest BCUT2D eigenvalue weighted by atomic mass is 9.60. The lowest BCUT2D eigenvalue weighted by Crippen LogP contribution is -2.57. The standard InChI is InChI=1S/C38H42O8/c1-3-23-16-25(24-8-5-7-22(15-24)21-39)10-11-26-20-34(41)46-36-30(4-2)35(42)28(18-31(26)36)19-33(45-37(23)43)38(44)14-6-9-27-17-29(40)12-13-32(27)38/h3,5,7-8,15,18,25-27,32-33,39,42,44H,4,6,9,12-14,16-17,19-21H2,1-2H3. The quantitative estimate of drug-likeness (QED) is 0.180. The molecule has 0 radical (unpaired) electrons. The number of ketones is 1. The Morgan fingerprint density at radius 1 is 1.04 bits per heavy atom. The Morgan fingerprint density at radius 2 is 1.85 bits per heavy atom. The molecule has 2 aromatic rings. The Bertz CT molecular complexity index is 1640. The highest BCUT2D eigenvalue weighted by atomic mass is 16.6. The van der Waals surface area contributed by atoms with Gasteiger partial charge in [-0.05, 0) is 73.6 Å². The largest absolute Gasteiger partial charge is 0.507 e. The molecule has 46 heavy (non-hydrogen) atoms. The van der Waals surface area contributed by atoms with Crippen LogP contribution >= 0.6 is 0 Å². The third-order valence-corrected chi connectivity index (χ3v) is 10.6. The van der Waals surface area contributed by atoms with Gasteiger partial charge in [-0.15, -0.1) is 0 Å². The van der Waals surface area contributed by atoms with Crippen LogP contribution in [0.5, 0.6) is 11.5 Å². The van der Waals surface area contributed by atoms with Gasteiger partial charge in [-0.2, -0.15) is 0 Å². The van der Waals surface area contributed by atoms with E-state index in [4.69, 9.17) is 9.47 Å². The van der Waals surface area contributed by atoms with Gasteiger partial charge in [-0.1, -0.05) is 55.5 Å². The van der Waals surface area contributed by atoms with E-state index in [0.29, 0.717) is 72.1 Å². The summed E-state index contributed by atoms with van der Waals surface area (Å²) in [7, 11) is 0. The van der Waals surface area contributed by atoms with E-state index in [1.54, 1.807) is 19.1 Å². The number of aromatic hydroxyl groups is 1. The van der Waals surface area contributed by atoms with Crippen molar-refractivity contribution < 1.29 is 39.2 Å². The first-order chi connectivity index (χ1) is 22.1. The third kappa shape index (κ3) is 5.99. The van der Waals surface area contributed by atoms with E-state index in [9.17, 15) is 29.7 Å². The molecule has 2 heterocycles. The van der Waals surface area contributed by atoms with Crippen LogP contribution in [0.25, 0.3) is 0 Å². The van der Waals surface area contributed by atoms with E-state index < -0.39 is 35.5 Å². The minimum atomic E-state index is -1.40. The molecule has 0 aromatic heterocycles. The number of aliphatic hydroxyl groups is 2.